The van der Waals surface area contributed by atoms with Crippen molar-refractivity contribution < 1.29 is 14.6 Å². The molecule has 0 bridgehead atoms. The molecule has 2 N–H and O–H groups in total. The summed E-state index contributed by atoms with van der Waals surface area (Å²) in [5, 5.41) is 13.4. The lowest BCUT2D eigenvalue weighted by Gasteiger charge is -2.22. The Morgan fingerprint density at radius 3 is 2.83 bits per heavy atom. The van der Waals surface area contributed by atoms with Crippen molar-refractivity contribution in [2.24, 2.45) is 5.92 Å². The minimum atomic E-state index is -0.224. The number of aliphatic hydroxyl groups excluding tert-OH is 1. The van der Waals surface area contributed by atoms with Crippen molar-refractivity contribution in [3.05, 3.63) is 36.0 Å². The van der Waals surface area contributed by atoms with Crippen LogP contribution in [0, 0.1) is 5.92 Å². The van der Waals surface area contributed by atoms with Gasteiger partial charge in [0.2, 0.25) is 0 Å². The molecule has 2 unspecified atom stereocenters. The van der Waals surface area contributed by atoms with Crippen LogP contribution in [0.3, 0.4) is 0 Å². The van der Waals surface area contributed by atoms with Crippen LogP contribution in [-0.4, -0.2) is 41.9 Å². The molecule has 0 radical (unpaired) electrons. The Morgan fingerprint density at radius 1 is 1.39 bits per heavy atom. The molecule has 2 rings (SSSR count). The van der Waals surface area contributed by atoms with Gasteiger partial charge in [0.05, 0.1) is 19.3 Å². The first kappa shape index (κ1) is 17.5. The highest BCUT2D eigenvalue weighted by Crippen LogP contribution is 2.21. The van der Waals surface area contributed by atoms with Crippen molar-refractivity contribution in [1.82, 2.24) is 9.88 Å². The van der Waals surface area contributed by atoms with Gasteiger partial charge in [0, 0.05) is 36.3 Å². The van der Waals surface area contributed by atoms with Gasteiger partial charge in [-0.15, -0.1) is 0 Å². The summed E-state index contributed by atoms with van der Waals surface area (Å²) in [6, 6.07) is 7.44. The molecule has 126 valence electrons. The van der Waals surface area contributed by atoms with Crippen LogP contribution in [0.1, 0.15) is 30.6 Å². The fraction of sp³-hybridized carbons (Fsp3) is 0.500. The Morgan fingerprint density at radius 2 is 2.17 bits per heavy atom. The van der Waals surface area contributed by atoms with E-state index in [-0.39, 0.29) is 24.5 Å². The predicted molar refractivity (Wildman–Crippen MR) is 91.6 cm³/mol. The highest BCUT2D eigenvalue weighted by molar-refractivity contribution is 6.06. The summed E-state index contributed by atoms with van der Waals surface area (Å²) < 4.78 is 7.20. The second-order valence-electron chi connectivity index (χ2n) is 5.89. The van der Waals surface area contributed by atoms with Gasteiger partial charge in [-0.05, 0) is 24.1 Å². The average molecular weight is 318 g/mol. The molecular formula is C18H26N2O3. The van der Waals surface area contributed by atoms with E-state index in [2.05, 4.69) is 16.8 Å². The third kappa shape index (κ3) is 3.92. The van der Waals surface area contributed by atoms with Crippen LogP contribution in [-0.2, 0) is 11.3 Å². The van der Waals surface area contributed by atoms with Gasteiger partial charge in [-0.2, -0.15) is 0 Å². The Balaban J connectivity index is 2.25. The molecule has 0 aliphatic carbocycles. The van der Waals surface area contributed by atoms with Crippen molar-refractivity contribution in [3.8, 4) is 0 Å². The predicted octanol–water partition coefficient (Wildman–Crippen LogP) is 2.42. The van der Waals surface area contributed by atoms with Gasteiger partial charge >= 0.3 is 0 Å². The van der Waals surface area contributed by atoms with Gasteiger partial charge in [0.15, 0.2) is 0 Å². The van der Waals surface area contributed by atoms with E-state index in [1.807, 2.05) is 37.4 Å². The summed E-state index contributed by atoms with van der Waals surface area (Å²) in [6.07, 6.45) is 2.88. The first-order valence-electron chi connectivity index (χ1n) is 8.10. The number of rotatable bonds is 8. The van der Waals surface area contributed by atoms with E-state index < -0.39 is 0 Å². The van der Waals surface area contributed by atoms with Crippen LogP contribution in [0.15, 0.2) is 30.5 Å². The summed E-state index contributed by atoms with van der Waals surface area (Å²) >= 11 is 0. The number of methoxy groups -OCH3 is 1. The fourth-order valence-electron chi connectivity index (χ4n) is 2.70. The molecule has 2 atom stereocenters. The second kappa shape index (κ2) is 8.13. The van der Waals surface area contributed by atoms with E-state index in [1.165, 1.54) is 0 Å². The van der Waals surface area contributed by atoms with Crippen molar-refractivity contribution >= 4 is 16.8 Å². The molecule has 5 nitrogen and oxygen atoms in total. The number of hydrogen-bond acceptors (Lipinski definition) is 3. The fourth-order valence-corrected chi connectivity index (χ4v) is 2.70. The molecule has 0 fully saturated rings. The minimum absolute atomic E-state index is 0.0500. The summed E-state index contributed by atoms with van der Waals surface area (Å²) in [4.78, 5) is 12.6. The van der Waals surface area contributed by atoms with E-state index in [4.69, 9.17) is 4.74 Å². The third-order valence-corrected chi connectivity index (χ3v) is 4.44. The van der Waals surface area contributed by atoms with E-state index in [0.717, 1.165) is 23.9 Å². The highest BCUT2D eigenvalue weighted by atomic mass is 16.5. The molecule has 0 aliphatic heterocycles. The number of benzene rings is 1. The maximum absolute atomic E-state index is 12.6. The molecule has 23 heavy (non-hydrogen) atoms. The highest BCUT2D eigenvalue weighted by Gasteiger charge is 2.19. The summed E-state index contributed by atoms with van der Waals surface area (Å²) in [5.74, 6) is 0.0916. The average Bonchev–Trinajstić information content (AvgIpc) is 2.99. The Bertz CT molecular complexity index is 651. The van der Waals surface area contributed by atoms with Crippen molar-refractivity contribution in [3.63, 3.8) is 0 Å². The number of hydrogen-bond donors (Lipinski definition) is 2. The smallest absolute Gasteiger partial charge is 0.252 e. The molecule has 0 aliphatic rings. The molecule has 1 amide bonds. The number of amides is 1. The lowest BCUT2D eigenvalue weighted by atomic mass is 9.99. The molecule has 1 heterocycles. The van der Waals surface area contributed by atoms with E-state index >= 15 is 0 Å². The zero-order chi connectivity index (χ0) is 16.8. The first-order valence-corrected chi connectivity index (χ1v) is 8.10. The number of carbonyl (C=O) groups excluding carboxylic acids is 1. The van der Waals surface area contributed by atoms with Gasteiger partial charge in [-0.1, -0.05) is 26.3 Å². The number of fused-ring (bicyclic) bond motifs is 1. The minimum Gasteiger partial charge on any atom is -0.394 e. The Kier molecular flexibility index (Phi) is 6.19. The number of nitrogens with zero attached hydrogens (tertiary/aromatic N) is 1. The lowest BCUT2D eigenvalue weighted by molar-refractivity contribution is 0.0893. The monoisotopic (exact) mass is 318 g/mol. The Hall–Kier alpha value is -1.85. The maximum Gasteiger partial charge on any atom is 0.252 e. The summed E-state index contributed by atoms with van der Waals surface area (Å²) in [7, 11) is 1.68. The second-order valence-corrected chi connectivity index (χ2v) is 5.89. The molecule has 0 saturated carbocycles. The number of aromatic nitrogens is 1. The molecule has 0 spiro atoms. The normalized spacial score (nSPS) is 13.9. The largest absolute Gasteiger partial charge is 0.394 e. The SMILES string of the molecule is CCC(C)C(CO)NC(=O)c1cccc2c1ccn2CCOC. The molecule has 1 aromatic carbocycles. The standard InChI is InChI=1S/C18H26N2O3/c1-4-13(2)16(12-21)19-18(22)15-6-5-7-17-14(15)8-9-20(17)10-11-23-3/h5-9,13,16,21H,4,10-12H2,1-3H3,(H,19,22). The van der Waals surface area contributed by atoms with Gasteiger partial charge in [0.25, 0.3) is 5.91 Å². The number of aliphatic hydroxyl groups is 1. The van der Waals surface area contributed by atoms with E-state index in [1.54, 1.807) is 7.11 Å². The summed E-state index contributed by atoms with van der Waals surface area (Å²) in [5.41, 5.74) is 1.65. The number of nitrogens with one attached hydrogen (secondary N) is 1. The number of carbonyl (C=O) groups is 1. The van der Waals surface area contributed by atoms with Crippen LogP contribution in [0.25, 0.3) is 10.9 Å². The molecule has 2 aromatic rings. The zero-order valence-corrected chi connectivity index (χ0v) is 14.1. The first-order chi connectivity index (χ1) is 11.1. The van der Waals surface area contributed by atoms with Gasteiger partial charge in [0.1, 0.15) is 0 Å². The van der Waals surface area contributed by atoms with Crippen LogP contribution >= 0.6 is 0 Å². The third-order valence-electron chi connectivity index (χ3n) is 4.44. The van der Waals surface area contributed by atoms with E-state index in [0.29, 0.717) is 12.2 Å². The van der Waals surface area contributed by atoms with Crippen LogP contribution in [0.4, 0.5) is 0 Å². The lowest BCUT2D eigenvalue weighted by Crippen LogP contribution is -2.41. The van der Waals surface area contributed by atoms with E-state index in [9.17, 15) is 9.90 Å². The zero-order valence-electron chi connectivity index (χ0n) is 14.1. The van der Waals surface area contributed by atoms with Gasteiger partial charge < -0.3 is 19.7 Å². The topological polar surface area (TPSA) is 63.5 Å². The van der Waals surface area contributed by atoms with Crippen LogP contribution < -0.4 is 5.32 Å². The molecule has 5 heteroatoms. The Labute approximate surface area is 137 Å². The molecular weight excluding hydrogens is 292 g/mol. The van der Waals surface area contributed by atoms with Gasteiger partial charge in [-0.25, -0.2) is 0 Å². The van der Waals surface area contributed by atoms with Gasteiger partial charge in [-0.3, -0.25) is 4.79 Å². The molecule has 0 saturated heterocycles. The quantitative estimate of drug-likeness (QED) is 0.786. The van der Waals surface area contributed by atoms with Crippen molar-refractivity contribution in [2.75, 3.05) is 20.3 Å². The molecule has 1 aromatic heterocycles. The number of ether oxygens (including phenoxy) is 1. The van der Waals surface area contributed by atoms with Crippen LogP contribution in [0.5, 0.6) is 0 Å². The van der Waals surface area contributed by atoms with Crippen LogP contribution in [0.2, 0.25) is 0 Å². The summed E-state index contributed by atoms with van der Waals surface area (Å²) in [6.45, 7) is 5.41. The maximum atomic E-state index is 12.6. The van der Waals surface area contributed by atoms with Crippen molar-refractivity contribution in [2.45, 2.75) is 32.9 Å². The van der Waals surface area contributed by atoms with Crippen molar-refractivity contribution in [1.29, 1.82) is 0 Å².